The van der Waals surface area contributed by atoms with Crippen molar-refractivity contribution in [2.45, 2.75) is 53.4 Å². The zero-order chi connectivity index (χ0) is 51.1. The Bertz CT molecular complexity index is 4540. The molecule has 0 bridgehead atoms. The third-order valence-electron chi connectivity index (χ3n) is 16.0. The fraction of sp³-hybridized carbons (Fsp3) is 0.114. The number of benzene rings is 11. The Morgan fingerprint density at radius 3 is 1.13 bits per heavy atom. The van der Waals surface area contributed by atoms with E-state index in [1.165, 1.54) is 11.1 Å². The molecule has 4 heterocycles. The van der Waals surface area contributed by atoms with Crippen LogP contribution in [0.25, 0.3) is 109 Å². The molecule has 0 fully saturated rings. The summed E-state index contributed by atoms with van der Waals surface area (Å²) in [6, 6.07) is 69.9. The molecular formula is C70H52N2O4. The molecule has 0 aliphatic rings. The molecular weight excluding hydrogens is 933 g/mol. The summed E-state index contributed by atoms with van der Waals surface area (Å²) < 4.78 is 27.1. The second kappa shape index (κ2) is 16.6. The van der Waals surface area contributed by atoms with Crippen LogP contribution in [0, 0.1) is 13.8 Å². The highest BCUT2D eigenvalue weighted by Gasteiger charge is 2.26. The Balaban J connectivity index is 0.869. The quantitative estimate of drug-likeness (QED) is 0.151. The van der Waals surface area contributed by atoms with Crippen LogP contribution < -0.4 is 9.80 Å². The van der Waals surface area contributed by atoms with E-state index in [0.29, 0.717) is 11.8 Å². The maximum absolute atomic E-state index is 6.81. The lowest BCUT2D eigenvalue weighted by Gasteiger charge is -2.27. The maximum Gasteiger partial charge on any atom is 0.159 e. The monoisotopic (exact) mass is 984 g/mol. The van der Waals surface area contributed by atoms with Gasteiger partial charge in [0.2, 0.25) is 0 Å². The summed E-state index contributed by atoms with van der Waals surface area (Å²) in [5.74, 6) is 0.834. The first-order chi connectivity index (χ1) is 37.1. The number of furan rings is 4. The van der Waals surface area contributed by atoms with Gasteiger partial charge in [0.1, 0.15) is 33.5 Å². The summed E-state index contributed by atoms with van der Waals surface area (Å²) in [5.41, 5.74) is 17.9. The SMILES string of the molecule is Cc1ccc2c(oc3ccccc32)c1N(c1ccc(C(C)C)cc1)c1ccc2cc3c(cc2c1)oc1ccc2oc4cc5cc(N(c6ccc(C(C)C)cc6)c6c(C)ccc7c6oc6ccccc67)ccc5cc4c2c13. The second-order valence-corrected chi connectivity index (χ2v) is 21.4. The van der Waals surface area contributed by atoms with Crippen molar-refractivity contribution >= 4 is 143 Å². The predicted octanol–water partition coefficient (Wildman–Crippen LogP) is 21.4. The van der Waals surface area contributed by atoms with Crippen LogP contribution >= 0.6 is 0 Å². The lowest BCUT2D eigenvalue weighted by atomic mass is 9.99. The minimum absolute atomic E-state index is 0.417. The summed E-state index contributed by atoms with van der Waals surface area (Å²) in [4.78, 5) is 4.70. The largest absolute Gasteiger partial charge is 0.456 e. The predicted molar refractivity (Wildman–Crippen MR) is 318 cm³/mol. The molecule has 0 unspecified atom stereocenters. The molecule has 76 heavy (non-hydrogen) atoms. The van der Waals surface area contributed by atoms with E-state index in [0.717, 1.165) is 155 Å². The van der Waals surface area contributed by atoms with Crippen LogP contribution in [0.4, 0.5) is 34.1 Å². The van der Waals surface area contributed by atoms with Crippen molar-refractivity contribution in [2.75, 3.05) is 9.80 Å². The smallest absolute Gasteiger partial charge is 0.159 e. The third-order valence-corrected chi connectivity index (χ3v) is 16.0. The summed E-state index contributed by atoms with van der Waals surface area (Å²) >= 11 is 0. The molecule has 366 valence electrons. The number of nitrogens with zero attached hydrogens (tertiary/aromatic N) is 2. The van der Waals surface area contributed by atoms with Gasteiger partial charge in [-0.3, -0.25) is 0 Å². The van der Waals surface area contributed by atoms with E-state index in [1.54, 1.807) is 0 Å². The Morgan fingerprint density at radius 1 is 0.303 bits per heavy atom. The molecule has 0 atom stereocenters. The molecule has 11 aromatic carbocycles. The number of rotatable bonds is 8. The molecule has 4 aromatic heterocycles. The first-order valence-electron chi connectivity index (χ1n) is 26.4. The Labute approximate surface area is 438 Å². The van der Waals surface area contributed by atoms with Crippen molar-refractivity contribution < 1.29 is 17.7 Å². The van der Waals surface area contributed by atoms with E-state index >= 15 is 0 Å². The highest BCUT2D eigenvalue weighted by Crippen LogP contribution is 2.49. The number of para-hydroxylation sites is 2. The molecule has 0 saturated carbocycles. The summed E-state index contributed by atoms with van der Waals surface area (Å²) in [6.45, 7) is 13.3. The Morgan fingerprint density at radius 2 is 0.711 bits per heavy atom. The zero-order valence-electron chi connectivity index (χ0n) is 43.2. The van der Waals surface area contributed by atoms with Gasteiger partial charge in [0, 0.05) is 65.8 Å². The van der Waals surface area contributed by atoms with Crippen LogP contribution in [0.5, 0.6) is 0 Å². The van der Waals surface area contributed by atoms with E-state index < -0.39 is 0 Å². The molecule has 0 amide bonds. The van der Waals surface area contributed by atoms with Crippen LogP contribution in [0.3, 0.4) is 0 Å². The fourth-order valence-corrected chi connectivity index (χ4v) is 12.0. The Hall–Kier alpha value is -9.26. The first-order valence-corrected chi connectivity index (χ1v) is 26.4. The standard InChI is InChI=1S/C70H52N2O4/c1-39(2)43-17-23-49(24-18-43)71(67-41(5)15-29-55-53-11-7-9-13-59(53)75-69(55)67)51-27-21-45-35-57-63(37-47(45)33-51)73-61-31-32-62-66(65(57)61)58-36-46-22-28-52(34-48(46)38-64(58)74-62)72(50-25-19-44(20-26-50)40(3)4)68-42(6)16-30-56-54-12-8-10-14-60(54)76-70(56)68/h7-40H,1-6H3. The number of hydrogen-bond donors (Lipinski definition) is 0. The molecule has 15 rings (SSSR count). The lowest BCUT2D eigenvalue weighted by molar-refractivity contribution is 0.663. The minimum Gasteiger partial charge on any atom is -0.456 e. The van der Waals surface area contributed by atoms with Crippen LogP contribution in [-0.4, -0.2) is 0 Å². The van der Waals surface area contributed by atoms with Gasteiger partial charge in [0.05, 0.1) is 11.4 Å². The van der Waals surface area contributed by atoms with Gasteiger partial charge >= 0.3 is 0 Å². The zero-order valence-corrected chi connectivity index (χ0v) is 43.2. The van der Waals surface area contributed by atoms with E-state index in [2.05, 4.69) is 233 Å². The number of aryl methyl sites for hydroxylation is 2. The highest BCUT2D eigenvalue weighted by atomic mass is 16.3. The van der Waals surface area contributed by atoms with Gasteiger partial charge in [-0.05, 0) is 167 Å². The topological polar surface area (TPSA) is 59.0 Å². The summed E-state index contributed by atoms with van der Waals surface area (Å²) in [6.07, 6.45) is 0. The molecule has 0 saturated heterocycles. The molecule has 0 radical (unpaired) electrons. The van der Waals surface area contributed by atoms with Crippen molar-refractivity contribution in [2.24, 2.45) is 0 Å². The van der Waals surface area contributed by atoms with Gasteiger partial charge in [-0.2, -0.15) is 0 Å². The van der Waals surface area contributed by atoms with E-state index in [-0.39, 0.29) is 0 Å². The average Bonchev–Trinajstić information content (AvgIpc) is 4.24. The minimum atomic E-state index is 0.417. The van der Waals surface area contributed by atoms with E-state index in [4.69, 9.17) is 17.7 Å². The molecule has 0 N–H and O–H groups in total. The van der Waals surface area contributed by atoms with Gasteiger partial charge in [0.15, 0.2) is 11.2 Å². The molecule has 0 spiro atoms. The number of anilines is 6. The lowest BCUT2D eigenvalue weighted by Crippen LogP contribution is -2.12. The normalized spacial score (nSPS) is 12.3. The van der Waals surface area contributed by atoms with Crippen LogP contribution in [0.15, 0.2) is 212 Å². The van der Waals surface area contributed by atoms with Crippen LogP contribution in [0.2, 0.25) is 0 Å². The van der Waals surface area contributed by atoms with Crippen LogP contribution in [0.1, 0.15) is 61.8 Å². The van der Waals surface area contributed by atoms with Crippen molar-refractivity contribution in [1.82, 2.24) is 0 Å². The average molecular weight is 985 g/mol. The van der Waals surface area contributed by atoms with Crippen molar-refractivity contribution in [1.29, 1.82) is 0 Å². The summed E-state index contributed by atoms with van der Waals surface area (Å²) in [5, 5.41) is 13.0. The van der Waals surface area contributed by atoms with Gasteiger partial charge < -0.3 is 27.5 Å². The first kappa shape index (κ1) is 44.2. The van der Waals surface area contributed by atoms with Gasteiger partial charge in [0.25, 0.3) is 0 Å². The van der Waals surface area contributed by atoms with E-state index in [9.17, 15) is 0 Å². The highest BCUT2D eigenvalue weighted by molar-refractivity contribution is 6.28. The fourth-order valence-electron chi connectivity index (χ4n) is 12.0. The molecule has 0 aliphatic heterocycles. The van der Waals surface area contributed by atoms with E-state index in [1.807, 2.05) is 12.1 Å². The van der Waals surface area contributed by atoms with Gasteiger partial charge in [-0.15, -0.1) is 0 Å². The van der Waals surface area contributed by atoms with Crippen molar-refractivity contribution in [3.05, 3.63) is 216 Å². The molecule has 15 aromatic rings. The van der Waals surface area contributed by atoms with Crippen molar-refractivity contribution in [3.8, 4) is 0 Å². The molecule has 0 aliphatic carbocycles. The number of hydrogen-bond acceptors (Lipinski definition) is 6. The van der Waals surface area contributed by atoms with Gasteiger partial charge in [-0.1, -0.05) is 125 Å². The van der Waals surface area contributed by atoms with Crippen molar-refractivity contribution in [3.63, 3.8) is 0 Å². The van der Waals surface area contributed by atoms with Gasteiger partial charge in [-0.25, -0.2) is 0 Å². The number of fused-ring (bicyclic) bond motifs is 15. The van der Waals surface area contributed by atoms with Crippen LogP contribution in [-0.2, 0) is 0 Å². The molecule has 6 heteroatoms. The Kier molecular flexibility index (Phi) is 9.68. The summed E-state index contributed by atoms with van der Waals surface area (Å²) in [7, 11) is 0. The molecule has 6 nitrogen and oxygen atoms in total. The maximum atomic E-state index is 6.81. The third kappa shape index (κ3) is 6.73. The second-order valence-electron chi connectivity index (χ2n) is 21.4.